The number of halogens is 1. The number of fused-ring (bicyclic) bond motifs is 1. The Bertz CT molecular complexity index is 758. The van der Waals surface area contributed by atoms with Crippen molar-refractivity contribution in [2.24, 2.45) is 0 Å². The van der Waals surface area contributed by atoms with Crippen LogP contribution in [0, 0.1) is 0 Å². The number of nitrogens with zero attached hydrogens (tertiary/aromatic N) is 3. The van der Waals surface area contributed by atoms with Gasteiger partial charge < -0.3 is 10.2 Å². The summed E-state index contributed by atoms with van der Waals surface area (Å²) in [5.41, 5.74) is 0.850. The van der Waals surface area contributed by atoms with Gasteiger partial charge >= 0.3 is 0 Å². The number of rotatable bonds is 5. The number of thiophene rings is 1. The molecule has 0 saturated carbocycles. The molecule has 1 N–H and O–H groups in total. The van der Waals surface area contributed by atoms with Gasteiger partial charge in [-0.25, -0.2) is 9.97 Å². The van der Waals surface area contributed by atoms with Crippen LogP contribution in [-0.2, 0) is 0 Å². The molecular weight excluding hydrogens is 316 g/mol. The van der Waals surface area contributed by atoms with E-state index in [9.17, 15) is 0 Å². The topological polar surface area (TPSA) is 41.0 Å². The van der Waals surface area contributed by atoms with Crippen molar-refractivity contribution >= 4 is 39.7 Å². The van der Waals surface area contributed by atoms with Crippen molar-refractivity contribution in [2.45, 2.75) is 6.04 Å². The van der Waals surface area contributed by atoms with Crippen LogP contribution in [0.15, 0.2) is 42.0 Å². The molecule has 0 radical (unpaired) electrons. The summed E-state index contributed by atoms with van der Waals surface area (Å²) in [6.45, 7) is 0.780. The van der Waals surface area contributed by atoms with E-state index in [1.54, 1.807) is 17.7 Å². The maximum Gasteiger partial charge on any atom is 0.137 e. The second-order valence-electron chi connectivity index (χ2n) is 5.26. The molecule has 2 heterocycles. The fourth-order valence-electron chi connectivity index (χ4n) is 2.38. The smallest absolute Gasteiger partial charge is 0.137 e. The van der Waals surface area contributed by atoms with Crippen molar-refractivity contribution in [3.8, 4) is 0 Å². The number of nitrogens with one attached hydrogen (secondary N) is 1. The first-order valence-electron chi connectivity index (χ1n) is 6.99. The highest BCUT2D eigenvalue weighted by molar-refractivity contribution is 7.10. The van der Waals surface area contributed by atoms with Gasteiger partial charge in [-0.3, -0.25) is 0 Å². The third kappa shape index (κ3) is 3.21. The van der Waals surface area contributed by atoms with Gasteiger partial charge in [-0.2, -0.15) is 0 Å². The van der Waals surface area contributed by atoms with Crippen molar-refractivity contribution in [3.63, 3.8) is 0 Å². The summed E-state index contributed by atoms with van der Waals surface area (Å²) in [7, 11) is 4.17. The summed E-state index contributed by atoms with van der Waals surface area (Å²) in [6, 6.07) is 10.2. The standard InChI is InChI=1S/C16H17ClN4S/c1-21(2)14(15-4-3-7-22-15)9-18-16-12-6-5-11(17)8-13(12)19-10-20-16/h3-8,10,14H,9H2,1-2H3,(H,18,19,20)/t14-/m0/s1. The molecule has 2 aromatic heterocycles. The van der Waals surface area contributed by atoms with Crippen molar-refractivity contribution in [1.82, 2.24) is 14.9 Å². The average molecular weight is 333 g/mol. The molecule has 1 atom stereocenters. The molecule has 0 unspecified atom stereocenters. The summed E-state index contributed by atoms with van der Waals surface area (Å²) < 4.78 is 0. The van der Waals surface area contributed by atoms with Gasteiger partial charge in [-0.05, 0) is 43.7 Å². The first-order chi connectivity index (χ1) is 10.6. The molecule has 0 aliphatic heterocycles. The fraction of sp³-hybridized carbons (Fsp3) is 0.250. The Labute approximate surface area is 138 Å². The van der Waals surface area contributed by atoms with Crippen molar-refractivity contribution < 1.29 is 0 Å². The maximum atomic E-state index is 6.02. The number of benzene rings is 1. The van der Waals surface area contributed by atoms with E-state index in [0.717, 1.165) is 23.3 Å². The third-order valence-electron chi connectivity index (χ3n) is 3.56. The number of hydrogen-bond acceptors (Lipinski definition) is 5. The first-order valence-corrected chi connectivity index (χ1v) is 8.25. The van der Waals surface area contributed by atoms with Gasteiger partial charge in [0.1, 0.15) is 12.1 Å². The van der Waals surface area contributed by atoms with E-state index >= 15 is 0 Å². The normalized spacial score (nSPS) is 12.7. The van der Waals surface area contributed by atoms with E-state index in [-0.39, 0.29) is 0 Å². The number of aromatic nitrogens is 2. The lowest BCUT2D eigenvalue weighted by atomic mass is 10.2. The van der Waals surface area contributed by atoms with Gasteiger partial charge in [0, 0.05) is 21.8 Å². The van der Waals surface area contributed by atoms with Gasteiger partial charge in [0.25, 0.3) is 0 Å². The van der Waals surface area contributed by atoms with Crippen LogP contribution in [0.5, 0.6) is 0 Å². The molecule has 114 valence electrons. The lowest BCUT2D eigenvalue weighted by Gasteiger charge is -2.24. The second-order valence-corrected chi connectivity index (χ2v) is 6.68. The van der Waals surface area contributed by atoms with Gasteiger partial charge in [-0.15, -0.1) is 11.3 Å². The summed E-state index contributed by atoms with van der Waals surface area (Å²) >= 11 is 7.79. The number of likely N-dealkylation sites (N-methyl/N-ethyl adjacent to an activating group) is 1. The predicted octanol–water partition coefficient (Wildman–Crippen LogP) is 4.06. The fourth-order valence-corrected chi connectivity index (χ4v) is 3.47. The summed E-state index contributed by atoms with van der Waals surface area (Å²) in [4.78, 5) is 12.2. The van der Waals surface area contributed by atoms with Crippen LogP contribution in [-0.4, -0.2) is 35.5 Å². The molecule has 0 saturated heterocycles. The van der Waals surface area contributed by atoms with E-state index in [2.05, 4.69) is 51.8 Å². The Morgan fingerprint density at radius 1 is 1.27 bits per heavy atom. The van der Waals surface area contributed by atoms with Crippen LogP contribution in [0.4, 0.5) is 5.82 Å². The summed E-state index contributed by atoms with van der Waals surface area (Å²) in [6.07, 6.45) is 1.57. The minimum atomic E-state index is 0.303. The Morgan fingerprint density at radius 2 is 2.14 bits per heavy atom. The van der Waals surface area contributed by atoms with E-state index in [1.807, 2.05) is 18.2 Å². The molecular formula is C16H17ClN4S. The molecule has 0 amide bonds. The molecule has 0 fully saturated rings. The Kier molecular flexibility index (Phi) is 4.57. The van der Waals surface area contributed by atoms with Crippen LogP contribution >= 0.6 is 22.9 Å². The highest BCUT2D eigenvalue weighted by Crippen LogP contribution is 2.26. The van der Waals surface area contributed by atoms with Crippen molar-refractivity contribution in [2.75, 3.05) is 26.0 Å². The molecule has 0 bridgehead atoms. The molecule has 3 rings (SSSR count). The van der Waals surface area contributed by atoms with E-state index in [4.69, 9.17) is 11.6 Å². The lowest BCUT2D eigenvalue weighted by Crippen LogP contribution is -2.26. The molecule has 0 aliphatic rings. The zero-order valence-corrected chi connectivity index (χ0v) is 14.0. The zero-order chi connectivity index (χ0) is 15.5. The van der Waals surface area contributed by atoms with Crippen LogP contribution in [0.3, 0.4) is 0 Å². The quantitative estimate of drug-likeness (QED) is 0.765. The lowest BCUT2D eigenvalue weighted by molar-refractivity contribution is 0.316. The highest BCUT2D eigenvalue weighted by atomic mass is 35.5. The number of anilines is 1. The SMILES string of the molecule is CN(C)[C@@H](CNc1ncnc2cc(Cl)ccc12)c1cccs1. The van der Waals surface area contributed by atoms with Crippen LogP contribution in [0.25, 0.3) is 10.9 Å². The molecule has 3 aromatic rings. The van der Waals surface area contributed by atoms with E-state index in [1.165, 1.54) is 4.88 Å². The summed E-state index contributed by atoms with van der Waals surface area (Å²) in [5.74, 6) is 0.838. The maximum absolute atomic E-state index is 6.02. The Hall–Kier alpha value is -1.69. The molecule has 0 aliphatic carbocycles. The minimum absolute atomic E-state index is 0.303. The monoisotopic (exact) mass is 332 g/mol. The predicted molar refractivity (Wildman–Crippen MR) is 93.8 cm³/mol. The largest absolute Gasteiger partial charge is 0.368 e. The van der Waals surface area contributed by atoms with Crippen molar-refractivity contribution in [3.05, 3.63) is 51.9 Å². The van der Waals surface area contributed by atoms with Crippen LogP contribution < -0.4 is 5.32 Å². The van der Waals surface area contributed by atoms with Crippen LogP contribution in [0.2, 0.25) is 5.02 Å². The van der Waals surface area contributed by atoms with Gasteiger partial charge in [0.05, 0.1) is 11.6 Å². The van der Waals surface area contributed by atoms with Crippen molar-refractivity contribution in [1.29, 1.82) is 0 Å². The van der Waals surface area contributed by atoms with Gasteiger partial charge in [-0.1, -0.05) is 17.7 Å². The number of hydrogen-bond donors (Lipinski definition) is 1. The van der Waals surface area contributed by atoms with Crippen LogP contribution in [0.1, 0.15) is 10.9 Å². The average Bonchev–Trinajstić information content (AvgIpc) is 3.01. The van der Waals surface area contributed by atoms with Gasteiger partial charge in [0.15, 0.2) is 0 Å². The van der Waals surface area contributed by atoms with E-state index in [0.29, 0.717) is 11.1 Å². The Morgan fingerprint density at radius 3 is 2.86 bits per heavy atom. The minimum Gasteiger partial charge on any atom is -0.368 e. The first kappa shape index (κ1) is 15.2. The molecule has 4 nitrogen and oxygen atoms in total. The zero-order valence-electron chi connectivity index (χ0n) is 12.5. The summed E-state index contributed by atoms with van der Waals surface area (Å²) in [5, 5.41) is 7.22. The second kappa shape index (κ2) is 6.60. The van der Waals surface area contributed by atoms with E-state index < -0.39 is 0 Å². The third-order valence-corrected chi connectivity index (χ3v) is 4.77. The molecule has 22 heavy (non-hydrogen) atoms. The highest BCUT2D eigenvalue weighted by Gasteiger charge is 2.15. The molecule has 1 aromatic carbocycles. The molecule has 0 spiro atoms. The molecule has 6 heteroatoms. The Balaban J connectivity index is 1.84. The van der Waals surface area contributed by atoms with Gasteiger partial charge in [0.2, 0.25) is 0 Å².